The second kappa shape index (κ2) is 6.27. The molecule has 4 heteroatoms. The standard InChI is InChI=1S/C22H22N2OS/c1-26-16-12-14-10-11-15(13-16)24(14)22(25)21-17-6-2-4-8-19(17)23-20-9-5-3-7-18(20)21/h2-9,14-16H,10-13H2,1H3. The van der Waals surface area contributed by atoms with E-state index >= 15 is 0 Å². The summed E-state index contributed by atoms with van der Waals surface area (Å²) in [4.78, 5) is 20.8. The summed E-state index contributed by atoms with van der Waals surface area (Å²) in [6.45, 7) is 0. The van der Waals surface area contributed by atoms with Crippen LogP contribution in [0.4, 0.5) is 0 Å². The van der Waals surface area contributed by atoms with Gasteiger partial charge in [-0.15, -0.1) is 0 Å². The van der Waals surface area contributed by atoms with Gasteiger partial charge in [0.25, 0.3) is 5.91 Å². The summed E-state index contributed by atoms with van der Waals surface area (Å²) >= 11 is 1.96. The molecule has 2 aliphatic rings. The van der Waals surface area contributed by atoms with E-state index in [0.717, 1.165) is 53.1 Å². The first kappa shape index (κ1) is 16.1. The van der Waals surface area contributed by atoms with Gasteiger partial charge in [0.2, 0.25) is 0 Å². The zero-order valence-corrected chi connectivity index (χ0v) is 15.7. The number of hydrogen-bond acceptors (Lipinski definition) is 3. The maximum atomic E-state index is 13.8. The van der Waals surface area contributed by atoms with Crippen LogP contribution in [0.2, 0.25) is 0 Å². The van der Waals surface area contributed by atoms with Crippen molar-refractivity contribution in [3.05, 3.63) is 54.1 Å². The molecule has 2 aliphatic heterocycles. The highest BCUT2D eigenvalue weighted by Gasteiger charge is 2.43. The largest absolute Gasteiger partial charge is 0.333 e. The molecule has 3 nitrogen and oxygen atoms in total. The van der Waals surface area contributed by atoms with E-state index in [9.17, 15) is 4.79 Å². The molecule has 2 aromatic carbocycles. The van der Waals surface area contributed by atoms with E-state index in [1.807, 2.05) is 60.3 Å². The van der Waals surface area contributed by atoms with Crippen LogP contribution in [0.25, 0.3) is 21.8 Å². The third kappa shape index (κ3) is 2.43. The number of piperidine rings is 1. The number of pyridine rings is 1. The molecule has 2 bridgehead atoms. The lowest BCUT2D eigenvalue weighted by atomic mass is 9.97. The minimum Gasteiger partial charge on any atom is -0.333 e. The van der Waals surface area contributed by atoms with Crippen LogP contribution >= 0.6 is 11.8 Å². The molecule has 0 spiro atoms. The SMILES string of the molecule is CSC1CC2CCC(C1)N2C(=O)c1c2ccccc2nc2ccccc12. The number of thioether (sulfide) groups is 1. The predicted octanol–water partition coefficient (Wildman–Crippen LogP) is 4.89. The fraction of sp³-hybridized carbons (Fsp3) is 0.364. The molecule has 0 radical (unpaired) electrons. The second-order valence-corrected chi connectivity index (χ2v) is 8.59. The Morgan fingerprint density at radius 3 is 2.04 bits per heavy atom. The molecule has 132 valence electrons. The van der Waals surface area contributed by atoms with Gasteiger partial charge in [-0.05, 0) is 44.1 Å². The number of nitrogens with zero attached hydrogens (tertiary/aromatic N) is 2. The van der Waals surface area contributed by atoms with E-state index in [0.29, 0.717) is 17.3 Å². The Hall–Kier alpha value is -2.07. The third-order valence-corrected chi connectivity index (χ3v) is 7.11. The summed E-state index contributed by atoms with van der Waals surface area (Å²) in [5.74, 6) is 0.201. The first-order valence-corrected chi connectivity index (χ1v) is 10.7. The van der Waals surface area contributed by atoms with E-state index in [1.54, 1.807) is 0 Å². The van der Waals surface area contributed by atoms with Crippen molar-refractivity contribution in [2.45, 2.75) is 43.0 Å². The van der Waals surface area contributed by atoms with Crippen LogP contribution in [0, 0.1) is 0 Å². The lowest BCUT2D eigenvalue weighted by molar-refractivity contribution is 0.0606. The van der Waals surface area contributed by atoms with Crippen LogP contribution in [0.3, 0.4) is 0 Å². The van der Waals surface area contributed by atoms with Crippen molar-refractivity contribution in [3.63, 3.8) is 0 Å². The first-order chi connectivity index (χ1) is 12.8. The van der Waals surface area contributed by atoms with Crippen molar-refractivity contribution >= 4 is 39.5 Å². The molecule has 3 heterocycles. The zero-order chi connectivity index (χ0) is 17.7. The maximum absolute atomic E-state index is 13.8. The van der Waals surface area contributed by atoms with Crippen LogP contribution in [-0.4, -0.2) is 39.4 Å². The fourth-order valence-corrected chi connectivity index (χ4v) is 5.68. The number of carbonyl (C=O) groups is 1. The van der Waals surface area contributed by atoms with Gasteiger partial charge in [0.05, 0.1) is 16.6 Å². The highest BCUT2D eigenvalue weighted by atomic mass is 32.2. The van der Waals surface area contributed by atoms with Crippen molar-refractivity contribution in [2.75, 3.05) is 6.26 Å². The highest BCUT2D eigenvalue weighted by molar-refractivity contribution is 7.99. The van der Waals surface area contributed by atoms with Crippen LogP contribution in [0.15, 0.2) is 48.5 Å². The van der Waals surface area contributed by atoms with Gasteiger partial charge in [0.15, 0.2) is 0 Å². The Bertz CT molecular complexity index is 934. The van der Waals surface area contributed by atoms with Crippen molar-refractivity contribution in [1.82, 2.24) is 9.88 Å². The Balaban J connectivity index is 1.67. The lowest BCUT2D eigenvalue weighted by Gasteiger charge is -2.38. The molecule has 5 rings (SSSR count). The zero-order valence-electron chi connectivity index (χ0n) is 14.9. The molecule has 3 aromatic rings. The molecular formula is C22H22N2OS. The summed E-state index contributed by atoms with van der Waals surface area (Å²) in [5.41, 5.74) is 2.65. The summed E-state index contributed by atoms with van der Waals surface area (Å²) in [7, 11) is 0. The molecule has 2 atom stereocenters. The van der Waals surface area contributed by atoms with Crippen LogP contribution in [0.1, 0.15) is 36.0 Å². The van der Waals surface area contributed by atoms with Gasteiger partial charge in [-0.25, -0.2) is 4.98 Å². The van der Waals surface area contributed by atoms with E-state index in [1.165, 1.54) is 0 Å². The lowest BCUT2D eigenvalue weighted by Crippen LogP contribution is -2.47. The van der Waals surface area contributed by atoms with E-state index < -0.39 is 0 Å². The summed E-state index contributed by atoms with van der Waals surface area (Å²) < 4.78 is 0. The topological polar surface area (TPSA) is 33.2 Å². The maximum Gasteiger partial charge on any atom is 0.255 e. The van der Waals surface area contributed by atoms with Gasteiger partial charge >= 0.3 is 0 Å². The van der Waals surface area contributed by atoms with Crippen molar-refractivity contribution in [2.24, 2.45) is 0 Å². The van der Waals surface area contributed by atoms with Gasteiger partial charge < -0.3 is 4.90 Å². The molecule has 26 heavy (non-hydrogen) atoms. The third-order valence-electron chi connectivity index (χ3n) is 6.06. The molecule has 2 saturated heterocycles. The van der Waals surface area contributed by atoms with Gasteiger partial charge in [-0.3, -0.25) is 4.79 Å². The molecule has 0 N–H and O–H groups in total. The minimum atomic E-state index is 0.201. The number of rotatable bonds is 2. The Labute approximate surface area is 157 Å². The normalized spacial score (nSPS) is 25.1. The minimum absolute atomic E-state index is 0.201. The van der Waals surface area contributed by atoms with Crippen molar-refractivity contribution < 1.29 is 4.79 Å². The van der Waals surface area contributed by atoms with Crippen LogP contribution in [0.5, 0.6) is 0 Å². The molecule has 0 saturated carbocycles. The van der Waals surface area contributed by atoms with Crippen LogP contribution in [-0.2, 0) is 0 Å². The fourth-order valence-electron chi connectivity index (χ4n) is 4.85. The molecular weight excluding hydrogens is 340 g/mol. The number of benzene rings is 2. The number of amides is 1. The predicted molar refractivity (Wildman–Crippen MR) is 109 cm³/mol. The average Bonchev–Trinajstić information content (AvgIpc) is 2.95. The Morgan fingerprint density at radius 2 is 1.50 bits per heavy atom. The van der Waals surface area contributed by atoms with Crippen LogP contribution < -0.4 is 0 Å². The molecule has 0 aliphatic carbocycles. The summed E-state index contributed by atoms with van der Waals surface area (Å²) in [6.07, 6.45) is 6.75. The number of carbonyl (C=O) groups excluding carboxylic acids is 1. The van der Waals surface area contributed by atoms with Gasteiger partial charge in [0.1, 0.15) is 0 Å². The van der Waals surface area contributed by atoms with Gasteiger partial charge in [-0.1, -0.05) is 36.4 Å². The average molecular weight is 362 g/mol. The number of hydrogen-bond donors (Lipinski definition) is 0. The molecule has 1 aromatic heterocycles. The number of aromatic nitrogens is 1. The monoisotopic (exact) mass is 362 g/mol. The van der Waals surface area contributed by atoms with Crippen molar-refractivity contribution in [1.29, 1.82) is 0 Å². The van der Waals surface area contributed by atoms with E-state index in [2.05, 4.69) is 11.2 Å². The molecule has 1 amide bonds. The van der Waals surface area contributed by atoms with Gasteiger partial charge in [0, 0.05) is 28.1 Å². The molecule has 2 fully saturated rings. The first-order valence-electron chi connectivity index (χ1n) is 9.39. The smallest absolute Gasteiger partial charge is 0.255 e. The van der Waals surface area contributed by atoms with E-state index in [-0.39, 0.29) is 5.91 Å². The summed E-state index contributed by atoms with van der Waals surface area (Å²) in [6, 6.07) is 16.9. The number of fused-ring (bicyclic) bond motifs is 4. The van der Waals surface area contributed by atoms with E-state index in [4.69, 9.17) is 4.98 Å². The molecule has 2 unspecified atom stereocenters. The van der Waals surface area contributed by atoms with Gasteiger partial charge in [-0.2, -0.15) is 11.8 Å². The van der Waals surface area contributed by atoms with Crippen molar-refractivity contribution in [3.8, 4) is 0 Å². The Kier molecular flexibility index (Phi) is 3.89. The summed E-state index contributed by atoms with van der Waals surface area (Å²) in [5, 5.41) is 2.65. The quantitative estimate of drug-likeness (QED) is 0.609. The number of para-hydroxylation sites is 2. The second-order valence-electron chi connectivity index (χ2n) is 7.45. The highest BCUT2D eigenvalue weighted by Crippen LogP contribution is 2.41. The Morgan fingerprint density at radius 1 is 0.962 bits per heavy atom.